The maximum atomic E-state index is 14.1. The Hall–Kier alpha value is -3.66. The van der Waals surface area contributed by atoms with Crippen molar-refractivity contribution < 1.29 is 18.7 Å². The molecule has 0 amide bonds. The minimum Gasteiger partial charge on any atom is -0.455 e. The molecule has 1 aliphatic rings. The van der Waals surface area contributed by atoms with Gasteiger partial charge in [0.1, 0.15) is 23.3 Å². The number of rotatable bonds is 8. The molecule has 0 bridgehead atoms. The van der Waals surface area contributed by atoms with Gasteiger partial charge in [0, 0.05) is 35.7 Å². The highest BCUT2D eigenvalue weighted by molar-refractivity contribution is 5.99. The number of unbranched alkanes of at least 4 members (excludes halogenated alkanes) is 1. The maximum absolute atomic E-state index is 14.1. The molecule has 0 spiro atoms. The van der Waals surface area contributed by atoms with Crippen LogP contribution in [0.3, 0.4) is 0 Å². The van der Waals surface area contributed by atoms with Gasteiger partial charge >= 0.3 is 5.97 Å². The largest absolute Gasteiger partial charge is 0.455 e. The standard InChI is InChI=1S/C26H25FN2O4/c1-3-4-8-24(32-16(2)30)33-20-11-12-21-22(14-20)25(17-6-5-7-18(27)13-17)23(15-28)29(26(21)31)19-9-10-19/h5-7,11-14,19,24H,3-4,8-10H2,1-2H3. The molecular weight excluding hydrogens is 423 g/mol. The first kappa shape index (κ1) is 22.5. The number of hydrogen-bond donors (Lipinski definition) is 0. The molecule has 1 fully saturated rings. The van der Waals surface area contributed by atoms with Gasteiger partial charge in [0.2, 0.25) is 6.29 Å². The van der Waals surface area contributed by atoms with Crippen molar-refractivity contribution >= 4 is 16.7 Å². The Balaban J connectivity index is 1.90. The van der Waals surface area contributed by atoms with E-state index in [4.69, 9.17) is 9.47 Å². The zero-order valence-electron chi connectivity index (χ0n) is 18.6. The Kier molecular flexibility index (Phi) is 6.45. The number of halogens is 1. The van der Waals surface area contributed by atoms with Crippen LogP contribution < -0.4 is 10.3 Å². The molecule has 2 aromatic carbocycles. The van der Waals surface area contributed by atoms with Gasteiger partial charge in [-0.15, -0.1) is 0 Å². The van der Waals surface area contributed by atoms with Crippen molar-refractivity contribution in [3.63, 3.8) is 0 Å². The topological polar surface area (TPSA) is 81.3 Å². The molecule has 0 radical (unpaired) electrons. The number of aromatic nitrogens is 1. The minimum absolute atomic E-state index is 0.0258. The second-order valence-corrected chi connectivity index (χ2v) is 8.26. The fourth-order valence-corrected chi connectivity index (χ4v) is 4.05. The van der Waals surface area contributed by atoms with Gasteiger partial charge < -0.3 is 9.47 Å². The molecule has 1 unspecified atom stereocenters. The van der Waals surface area contributed by atoms with Crippen molar-refractivity contribution in [2.45, 2.75) is 58.3 Å². The first-order chi connectivity index (χ1) is 15.9. The highest BCUT2D eigenvalue weighted by Crippen LogP contribution is 2.40. The van der Waals surface area contributed by atoms with Crippen molar-refractivity contribution in [3.05, 3.63) is 64.3 Å². The minimum atomic E-state index is -0.764. The number of fused-ring (bicyclic) bond motifs is 1. The lowest BCUT2D eigenvalue weighted by atomic mass is 9.96. The van der Waals surface area contributed by atoms with E-state index in [0.717, 1.165) is 25.7 Å². The zero-order chi connectivity index (χ0) is 23.5. The summed E-state index contributed by atoms with van der Waals surface area (Å²) >= 11 is 0. The lowest BCUT2D eigenvalue weighted by Crippen LogP contribution is -2.24. The average molecular weight is 448 g/mol. The van der Waals surface area contributed by atoms with Crippen molar-refractivity contribution in [1.29, 1.82) is 5.26 Å². The van der Waals surface area contributed by atoms with Crippen molar-refractivity contribution in [2.24, 2.45) is 0 Å². The van der Waals surface area contributed by atoms with Crippen LogP contribution in [-0.2, 0) is 9.53 Å². The maximum Gasteiger partial charge on any atom is 0.305 e. The molecule has 1 aromatic heterocycles. The Morgan fingerprint density at radius 2 is 2.03 bits per heavy atom. The number of carbonyl (C=O) groups is 1. The van der Waals surface area contributed by atoms with Gasteiger partial charge in [-0.3, -0.25) is 14.2 Å². The summed E-state index contributed by atoms with van der Waals surface area (Å²) in [5, 5.41) is 10.9. The quantitative estimate of drug-likeness (QED) is 0.337. The smallest absolute Gasteiger partial charge is 0.305 e. The van der Waals surface area contributed by atoms with Crippen molar-refractivity contribution in [3.8, 4) is 22.9 Å². The summed E-state index contributed by atoms with van der Waals surface area (Å²) in [6.45, 7) is 3.35. The normalized spacial score (nSPS) is 14.0. The molecule has 1 aliphatic carbocycles. The molecule has 170 valence electrons. The van der Waals surface area contributed by atoms with Crippen LogP contribution in [0.4, 0.5) is 4.39 Å². The lowest BCUT2D eigenvalue weighted by Gasteiger charge is -2.20. The van der Waals surface area contributed by atoms with Crippen LogP contribution in [-0.4, -0.2) is 16.8 Å². The molecule has 1 atom stereocenters. The number of benzene rings is 2. The third kappa shape index (κ3) is 4.75. The molecule has 6 nitrogen and oxygen atoms in total. The summed E-state index contributed by atoms with van der Waals surface area (Å²) in [6.07, 6.45) is 3.13. The summed E-state index contributed by atoms with van der Waals surface area (Å²) in [5.74, 6) is -0.484. The first-order valence-electron chi connectivity index (χ1n) is 11.1. The molecule has 1 saturated carbocycles. The van der Waals surface area contributed by atoms with Crippen molar-refractivity contribution in [2.75, 3.05) is 0 Å². The van der Waals surface area contributed by atoms with Gasteiger partial charge in [0.25, 0.3) is 5.56 Å². The van der Waals surface area contributed by atoms with Gasteiger partial charge in [-0.1, -0.05) is 25.5 Å². The van der Waals surface area contributed by atoms with Gasteiger partial charge in [-0.2, -0.15) is 5.26 Å². The first-order valence-corrected chi connectivity index (χ1v) is 11.1. The molecule has 3 aromatic rings. The van der Waals surface area contributed by atoms with Crippen LogP contribution in [0, 0.1) is 17.1 Å². The second kappa shape index (κ2) is 9.45. The van der Waals surface area contributed by atoms with Crippen LogP contribution in [0.25, 0.3) is 21.9 Å². The van der Waals surface area contributed by atoms with E-state index in [-0.39, 0.29) is 17.3 Å². The van der Waals surface area contributed by atoms with Crippen LogP contribution in [0.1, 0.15) is 57.7 Å². The van der Waals surface area contributed by atoms with E-state index in [1.165, 1.54) is 23.6 Å². The third-order valence-electron chi connectivity index (χ3n) is 5.68. The Morgan fingerprint density at radius 3 is 2.67 bits per heavy atom. The summed E-state index contributed by atoms with van der Waals surface area (Å²) < 4.78 is 26.9. The Morgan fingerprint density at radius 1 is 1.24 bits per heavy atom. The summed E-state index contributed by atoms with van der Waals surface area (Å²) in [7, 11) is 0. The molecule has 33 heavy (non-hydrogen) atoms. The van der Waals surface area contributed by atoms with Crippen LogP contribution in [0.15, 0.2) is 47.3 Å². The van der Waals surface area contributed by atoms with E-state index in [0.29, 0.717) is 34.1 Å². The SMILES string of the molecule is CCCCC(OC(C)=O)Oc1ccc2c(=O)n(C3CC3)c(C#N)c(-c3cccc(F)c3)c2c1. The number of esters is 1. The Bertz CT molecular complexity index is 1300. The van der Waals surface area contributed by atoms with E-state index >= 15 is 0 Å². The monoisotopic (exact) mass is 448 g/mol. The number of pyridine rings is 1. The fraction of sp³-hybridized carbons (Fsp3) is 0.346. The van der Waals surface area contributed by atoms with E-state index in [9.17, 15) is 19.2 Å². The molecule has 0 aliphatic heterocycles. The van der Waals surface area contributed by atoms with Crippen molar-refractivity contribution in [1.82, 2.24) is 4.57 Å². The number of carbonyl (C=O) groups excluding carboxylic acids is 1. The van der Waals surface area contributed by atoms with Crippen LogP contribution in [0.2, 0.25) is 0 Å². The van der Waals surface area contributed by atoms with E-state index < -0.39 is 18.1 Å². The predicted octanol–water partition coefficient (Wildman–Crippen LogP) is 5.47. The summed E-state index contributed by atoms with van der Waals surface area (Å²) in [4.78, 5) is 24.8. The number of nitrogens with zero attached hydrogens (tertiary/aromatic N) is 2. The molecule has 0 N–H and O–H groups in total. The van der Waals surface area contributed by atoms with Gasteiger partial charge in [0.15, 0.2) is 0 Å². The predicted molar refractivity (Wildman–Crippen MR) is 122 cm³/mol. The van der Waals surface area contributed by atoms with Crippen LogP contribution in [0.5, 0.6) is 5.75 Å². The molecule has 0 saturated heterocycles. The highest BCUT2D eigenvalue weighted by Gasteiger charge is 2.30. The average Bonchev–Trinajstić information content (AvgIpc) is 3.61. The third-order valence-corrected chi connectivity index (χ3v) is 5.68. The lowest BCUT2D eigenvalue weighted by molar-refractivity contribution is -0.161. The Labute approximate surface area is 191 Å². The number of hydrogen-bond acceptors (Lipinski definition) is 5. The van der Waals surface area contributed by atoms with Gasteiger partial charge in [-0.05, 0) is 55.2 Å². The number of nitriles is 1. The fourth-order valence-electron chi connectivity index (χ4n) is 4.05. The molecule has 7 heteroatoms. The van der Waals surface area contributed by atoms with E-state index in [1.54, 1.807) is 30.3 Å². The summed E-state index contributed by atoms with van der Waals surface area (Å²) in [5.41, 5.74) is 0.950. The molecular formula is C26H25FN2O4. The number of ether oxygens (including phenoxy) is 2. The van der Waals surface area contributed by atoms with E-state index in [1.807, 2.05) is 6.92 Å². The van der Waals surface area contributed by atoms with Crippen LogP contribution >= 0.6 is 0 Å². The van der Waals surface area contributed by atoms with E-state index in [2.05, 4.69) is 6.07 Å². The molecule has 1 heterocycles. The second-order valence-electron chi connectivity index (χ2n) is 8.26. The zero-order valence-corrected chi connectivity index (χ0v) is 18.6. The highest BCUT2D eigenvalue weighted by atomic mass is 19.1. The van der Waals surface area contributed by atoms with Gasteiger partial charge in [0.05, 0.1) is 0 Å². The summed E-state index contributed by atoms with van der Waals surface area (Å²) in [6, 6.07) is 13.1. The van der Waals surface area contributed by atoms with Gasteiger partial charge in [-0.25, -0.2) is 4.39 Å². The molecule has 4 rings (SSSR count).